The zero-order valence-electron chi connectivity index (χ0n) is 11.6. The topological polar surface area (TPSA) is 79.2 Å². The van der Waals surface area contributed by atoms with Gasteiger partial charge in [-0.25, -0.2) is 0 Å². The summed E-state index contributed by atoms with van der Waals surface area (Å²) in [6.07, 6.45) is 0.741. The minimum absolute atomic E-state index is 0.364. The van der Waals surface area contributed by atoms with Crippen LogP contribution in [0.3, 0.4) is 0 Å². The Kier molecular flexibility index (Phi) is 2.77. The molecule has 0 saturated carbocycles. The lowest BCUT2D eigenvalue weighted by atomic mass is 9.90. The third kappa shape index (κ3) is 1.69. The van der Waals surface area contributed by atoms with Gasteiger partial charge in [0.1, 0.15) is 6.10 Å². The van der Waals surface area contributed by atoms with E-state index < -0.39 is 18.1 Å². The molecule has 0 amide bonds. The first-order valence-corrected chi connectivity index (χ1v) is 7.15. The third-order valence-corrected chi connectivity index (χ3v) is 4.51. The number of nitro groups is 1. The van der Waals surface area contributed by atoms with Gasteiger partial charge in [-0.1, -0.05) is 42.5 Å². The van der Waals surface area contributed by atoms with Crippen molar-refractivity contribution in [2.75, 3.05) is 0 Å². The molecule has 3 aromatic rings. The van der Waals surface area contributed by atoms with Gasteiger partial charge in [-0.3, -0.25) is 10.1 Å². The molecule has 5 heteroatoms. The van der Waals surface area contributed by atoms with E-state index >= 15 is 0 Å². The molecule has 4 rings (SSSR count). The quantitative estimate of drug-likeness (QED) is 0.563. The van der Waals surface area contributed by atoms with Crippen LogP contribution in [-0.4, -0.2) is 21.1 Å². The van der Waals surface area contributed by atoms with Crippen molar-refractivity contribution in [2.24, 2.45) is 0 Å². The maximum absolute atomic E-state index is 11.6. The molecule has 0 saturated heterocycles. The van der Waals surface area contributed by atoms with Crippen molar-refractivity contribution in [3.05, 3.63) is 81.5 Å². The molecule has 0 fully saturated rings. The molecule has 1 heterocycles. The Morgan fingerprint density at radius 3 is 2.45 bits per heavy atom. The molecule has 0 spiro atoms. The minimum Gasteiger partial charge on any atom is -0.381 e. The van der Waals surface area contributed by atoms with Crippen molar-refractivity contribution in [2.45, 2.75) is 18.1 Å². The van der Waals surface area contributed by atoms with Gasteiger partial charge in [0.25, 0.3) is 6.04 Å². The van der Waals surface area contributed by atoms with Crippen LogP contribution in [0.15, 0.2) is 54.7 Å². The molecule has 3 atom stereocenters. The molecule has 2 N–H and O–H groups in total. The Balaban J connectivity index is 1.97. The summed E-state index contributed by atoms with van der Waals surface area (Å²) in [5.74, 6) is -0.447. The van der Waals surface area contributed by atoms with Crippen LogP contribution in [0.5, 0.6) is 0 Å². The van der Waals surface area contributed by atoms with Gasteiger partial charge >= 0.3 is 0 Å². The van der Waals surface area contributed by atoms with Crippen LogP contribution in [-0.2, 0) is 0 Å². The normalized spacial score (nSPS) is 23.6. The number of benzene rings is 2. The van der Waals surface area contributed by atoms with E-state index in [2.05, 4.69) is 4.98 Å². The number of aliphatic hydroxyl groups excluding tert-OH is 1. The highest BCUT2D eigenvalue weighted by Gasteiger charge is 2.49. The molecule has 110 valence electrons. The van der Waals surface area contributed by atoms with Crippen molar-refractivity contribution in [1.29, 1.82) is 0 Å². The Hall–Kier alpha value is -2.66. The van der Waals surface area contributed by atoms with Crippen molar-refractivity contribution in [3.63, 3.8) is 0 Å². The van der Waals surface area contributed by atoms with Crippen LogP contribution in [0, 0.1) is 10.1 Å². The number of para-hydroxylation sites is 1. The van der Waals surface area contributed by atoms with Gasteiger partial charge < -0.3 is 10.1 Å². The summed E-state index contributed by atoms with van der Waals surface area (Å²) in [6, 6.07) is 14.0. The van der Waals surface area contributed by atoms with Crippen LogP contribution in [0.2, 0.25) is 0 Å². The Morgan fingerprint density at radius 2 is 1.68 bits per heavy atom. The smallest absolute Gasteiger partial charge is 0.253 e. The molecule has 1 aromatic heterocycles. The van der Waals surface area contributed by atoms with Crippen LogP contribution in [0.1, 0.15) is 28.7 Å². The average molecular weight is 294 g/mol. The maximum Gasteiger partial charge on any atom is 0.253 e. The van der Waals surface area contributed by atoms with Crippen LogP contribution in [0.4, 0.5) is 0 Å². The molecule has 0 unspecified atom stereocenters. The molecular weight excluding hydrogens is 280 g/mol. The zero-order valence-corrected chi connectivity index (χ0v) is 11.6. The minimum atomic E-state index is -1.08. The highest BCUT2D eigenvalue weighted by atomic mass is 16.6. The lowest BCUT2D eigenvalue weighted by Crippen LogP contribution is -2.28. The molecule has 0 bridgehead atoms. The van der Waals surface area contributed by atoms with Crippen molar-refractivity contribution < 1.29 is 10.0 Å². The third-order valence-electron chi connectivity index (χ3n) is 4.51. The Labute approximate surface area is 126 Å². The number of nitrogens with one attached hydrogen (secondary N) is 1. The largest absolute Gasteiger partial charge is 0.381 e. The summed E-state index contributed by atoms with van der Waals surface area (Å²) in [6.45, 7) is 0. The predicted molar refractivity (Wildman–Crippen MR) is 82.3 cm³/mol. The molecule has 0 aliphatic heterocycles. The van der Waals surface area contributed by atoms with Gasteiger partial charge in [-0.05, 0) is 22.8 Å². The van der Waals surface area contributed by atoms with E-state index in [0.29, 0.717) is 5.56 Å². The Bertz CT molecular complexity index is 871. The second kappa shape index (κ2) is 4.68. The second-order valence-corrected chi connectivity index (χ2v) is 5.62. The SMILES string of the molecule is O=[N+]([O-])[C@@H]1[C@@H](c2c[nH]c3ccccc23)c2ccccc2[C@@H]1O. The van der Waals surface area contributed by atoms with Crippen molar-refractivity contribution >= 4 is 10.9 Å². The van der Waals surface area contributed by atoms with Crippen molar-refractivity contribution in [3.8, 4) is 0 Å². The van der Waals surface area contributed by atoms with E-state index in [0.717, 1.165) is 22.0 Å². The van der Waals surface area contributed by atoms with Gasteiger partial charge in [0.2, 0.25) is 0 Å². The number of H-pyrrole nitrogens is 1. The number of aromatic amines is 1. The molecule has 0 radical (unpaired) electrons. The first-order valence-electron chi connectivity index (χ1n) is 7.15. The number of rotatable bonds is 2. The summed E-state index contributed by atoms with van der Waals surface area (Å²) in [5, 5.41) is 22.9. The predicted octanol–water partition coefficient (Wildman–Crippen LogP) is 2.99. The lowest BCUT2D eigenvalue weighted by molar-refractivity contribution is -0.535. The van der Waals surface area contributed by atoms with E-state index in [1.807, 2.05) is 42.6 Å². The average Bonchev–Trinajstić information content (AvgIpc) is 3.07. The molecule has 1 aliphatic carbocycles. The van der Waals surface area contributed by atoms with Crippen molar-refractivity contribution in [1.82, 2.24) is 4.98 Å². The summed E-state index contributed by atoms with van der Waals surface area (Å²) < 4.78 is 0. The second-order valence-electron chi connectivity index (χ2n) is 5.62. The van der Waals surface area contributed by atoms with E-state index in [1.54, 1.807) is 12.1 Å². The maximum atomic E-state index is 11.6. The fourth-order valence-electron chi connectivity index (χ4n) is 3.55. The van der Waals surface area contributed by atoms with Crippen LogP contribution >= 0.6 is 0 Å². The highest BCUT2D eigenvalue weighted by molar-refractivity contribution is 5.84. The van der Waals surface area contributed by atoms with Crippen LogP contribution < -0.4 is 0 Å². The monoisotopic (exact) mass is 294 g/mol. The summed E-state index contributed by atoms with van der Waals surface area (Å²) in [7, 11) is 0. The van der Waals surface area contributed by atoms with Crippen LogP contribution in [0.25, 0.3) is 10.9 Å². The summed E-state index contributed by atoms with van der Waals surface area (Å²) >= 11 is 0. The lowest BCUT2D eigenvalue weighted by Gasteiger charge is -2.15. The van der Waals surface area contributed by atoms with Gasteiger partial charge in [-0.15, -0.1) is 0 Å². The number of hydrogen-bond donors (Lipinski definition) is 2. The number of hydrogen-bond acceptors (Lipinski definition) is 3. The fraction of sp³-hybridized carbons (Fsp3) is 0.176. The van der Waals surface area contributed by atoms with E-state index in [1.165, 1.54) is 0 Å². The highest BCUT2D eigenvalue weighted by Crippen LogP contribution is 2.47. The van der Waals surface area contributed by atoms with Gasteiger partial charge in [0.15, 0.2) is 0 Å². The molecular formula is C17H14N2O3. The number of aromatic nitrogens is 1. The molecule has 22 heavy (non-hydrogen) atoms. The standard InChI is InChI=1S/C17H14N2O3/c20-17-12-7-2-1-6-11(12)15(16(17)19(21)22)13-9-18-14-8-4-3-5-10(13)14/h1-9,15-18,20H/t15-,16-,17+/m1/s1. The van der Waals surface area contributed by atoms with E-state index in [9.17, 15) is 15.2 Å². The summed E-state index contributed by atoms with van der Waals surface area (Å²) in [4.78, 5) is 14.4. The van der Waals surface area contributed by atoms with Gasteiger partial charge in [-0.2, -0.15) is 0 Å². The fourth-order valence-corrected chi connectivity index (χ4v) is 3.55. The zero-order chi connectivity index (χ0) is 15.3. The summed E-state index contributed by atoms with van der Waals surface area (Å²) in [5.41, 5.74) is 3.29. The number of nitrogens with zero attached hydrogens (tertiary/aromatic N) is 1. The molecule has 2 aromatic carbocycles. The molecule has 5 nitrogen and oxygen atoms in total. The van der Waals surface area contributed by atoms with Gasteiger partial charge in [0, 0.05) is 22.0 Å². The van der Waals surface area contributed by atoms with E-state index in [4.69, 9.17) is 0 Å². The van der Waals surface area contributed by atoms with Gasteiger partial charge in [0.05, 0.1) is 5.92 Å². The van der Waals surface area contributed by atoms with E-state index in [-0.39, 0.29) is 4.92 Å². The Morgan fingerprint density at radius 1 is 1.00 bits per heavy atom. The number of aliphatic hydroxyl groups is 1. The first kappa shape index (κ1) is 13.0. The first-order chi connectivity index (χ1) is 10.7. The number of fused-ring (bicyclic) bond motifs is 2. The molecule has 1 aliphatic rings.